The van der Waals surface area contributed by atoms with Gasteiger partial charge in [0.15, 0.2) is 0 Å². The molecule has 0 spiro atoms. The van der Waals surface area contributed by atoms with Gasteiger partial charge in [0.1, 0.15) is 0 Å². The average molecular weight is 177 g/mol. The third kappa shape index (κ3) is 0.826. The van der Waals surface area contributed by atoms with Crippen LogP contribution < -0.4 is 0 Å². The molecule has 1 rings (SSSR count). The highest BCUT2D eigenvalue weighted by molar-refractivity contribution is 6.38. The van der Waals surface area contributed by atoms with Crippen LogP contribution in [0.5, 0.6) is 0 Å². The lowest BCUT2D eigenvalue weighted by Crippen LogP contribution is -2.52. The van der Waals surface area contributed by atoms with Crippen LogP contribution in [0.1, 0.15) is 12.8 Å². The highest BCUT2D eigenvalue weighted by Gasteiger charge is 2.53. The van der Waals surface area contributed by atoms with Gasteiger partial charge in [-0.2, -0.15) is 0 Å². The summed E-state index contributed by atoms with van der Waals surface area (Å²) in [5, 5.41) is 0. The summed E-state index contributed by atoms with van der Waals surface area (Å²) in [5.74, 6) is 0. The van der Waals surface area contributed by atoms with Crippen molar-refractivity contribution in [2.75, 3.05) is 0 Å². The largest absolute Gasteiger partial charge is 0.112 e. The van der Waals surface area contributed by atoms with Crippen LogP contribution in [-0.4, -0.2) is 9.75 Å². The highest BCUT2D eigenvalue weighted by Crippen LogP contribution is 2.53. The molecule has 0 aromatic heterocycles. The Hall–Kier alpha value is 0.0600. The van der Waals surface area contributed by atoms with Crippen LogP contribution in [0.2, 0.25) is 0 Å². The van der Waals surface area contributed by atoms with E-state index in [1.54, 1.807) is 12.2 Å². The molecule has 0 aliphatic heterocycles. The Bertz CT molecular complexity index is 156. The normalized spacial score (nSPS) is 45.8. The van der Waals surface area contributed by atoms with Crippen molar-refractivity contribution >= 4 is 23.2 Å². The van der Waals surface area contributed by atoms with Crippen molar-refractivity contribution in [2.24, 2.45) is 0 Å². The van der Waals surface area contributed by atoms with Gasteiger partial charge in [0.25, 0.3) is 0 Å². The van der Waals surface area contributed by atoms with Crippen molar-refractivity contribution < 1.29 is 0 Å². The fourth-order valence-corrected chi connectivity index (χ4v) is 1.68. The van der Waals surface area contributed by atoms with Gasteiger partial charge in [-0.3, -0.25) is 0 Å². The Balaban J connectivity index is 2.83. The Morgan fingerprint density at radius 1 is 1.00 bits per heavy atom. The first-order chi connectivity index (χ1) is 4.58. The summed E-state index contributed by atoms with van der Waals surface area (Å²) >= 11 is 12.2. The summed E-state index contributed by atoms with van der Waals surface area (Å²) in [6.45, 7) is 7.27. The third-order valence-electron chi connectivity index (χ3n) is 2.19. The number of hydrogen-bond donors (Lipinski definition) is 0. The maximum absolute atomic E-state index is 6.08. The van der Waals surface area contributed by atoms with Crippen LogP contribution in [0.15, 0.2) is 25.3 Å². The molecule has 0 aromatic carbocycles. The molecular weight excluding hydrogens is 167 g/mol. The lowest BCUT2D eigenvalue weighted by Gasteiger charge is -2.48. The molecule has 1 aliphatic rings. The predicted molar refractivity (Wildman–Crippen MR) is 46.8 cm³/mol. The standard InChI is InChI=1S/C8H10Cl2/c1-3-7(9)5-6-8(7,10)4-2/h3-4H,1-2,5-6H2/t7-,8+. The van der Waals surface area contributed by atoms with Gasteiger partial charge in [-0.25, -0.2) is 0 Å². The van der Waals surface area contributed by atoms with Crippen LogP contribution in [-0.2, 0) is 0 Å². The van der Waals surface area contributed by atoms with Gasteiger partial charge in [0.05, 0.1) is 9.75 Å². The zero-order valence-corrected chi connectivity index (χ0v) is 7.25. The zero-order valence-electron chi connectivity index (χ0n) is 5.74. The van der Waals surface area contributed by atoms with E-state index in [4.69, 9.17) is 23.2 Å². The van der Waals surface area contributed by atoms with Gasteiger partial charge < -0.3 is 0 Å². The van der Waals surface area contributed by atoms with Crippen molar-refractivity contribution in [2.45, 2.75) is 22.6 Å². The van der Waals surface area contributed by atoms with E-state index >= 15 is 0 Å². The SMILES string of the molecule is C=C[C@@]1(Cl)CC[C@@]1(Cl)C=C. The molecule has 0 amide bonds. The lowest BCUT2D eigenvalue weighted by molar-refractivity contribution is 0.351. The summed E-state index contributed by atoms with van der Waals surface area (Å²) in [6.07, 6.45) is 5.20. The Kier molecular flexibility index (Phi) is 1.86. The maximum atomic E-state index is 6.08. The van der Waals surface area contributed by atoms with Gasteiger partial charge in [-0.1, -0.05) is 12.2 Å². The minimum absolute atomic E-state index is 0.448. The van der Waals surface area contributed by atoms with Crippen LogP contribution >= 0.6 is 23.2 Å². The molecule has 1 aliphatic carbocycles. The fraction of sp³-hybridized carbons (Fsp3) is 0.500. The van der Waals surface area contributed by atoms with E-state index in [-0.39, 0.29) is 0 Å². The van der Waals surface area contributed by atoms with E-state index < -0.39 is 9.75 Å². The second-order valence-electron chi connectivity index (χ2n) is 2.63. The molecule has 2 atom stereocenters. The smallest absolute Gasteiger partial charge is 0.0850 e. The van der Waals surface area contributed by atoms with Gasteiger partial charge in [0.2, 0.25) is 0 Å². The van der Waals surface area contributed by atoms with Crippen LogP contribution in [0.4, 0.5) is 0 Å². The summed E-state index contributed by atoms with van der Waals surface area (Å²) in [4.78, 5) is -0.896. The molecule has 0 saturated heterocycles. The molecule has 10 heavy (non-hydrogen) atoms. The van der Waals surface area contributed by atoms with Gasteiger partial charge >= 0.3 is 0 Å². The second-order valence-corrected chi connectivity index (χ2v) is 3.98. The molecule has 0 nitrogen and oxygen atoms in total. The van der Waals surface area contributed by atoms with Crippen LogP contribution in [0, 0.1) is 0 Å². The first kappa shape index (κ1) is 8.16. The molecule has 0 unspecified atom stereocenters. The summed E-state index contributed by atoms with van der Waals surface area (Å²) < 4.78 is 0. The highest BCUT2D eigenvalue weighted by atomic mass is 35.5. The average Bonchev–Trinajstić information content (AvgIpc) is 1.99. The van der Waals surface area contributed by atoms with Gasteiger partial charge in [0, 0.05) is 0 Å². The Labute approximate surface area is 71.5 Å². The number of rotatable bonds is 2. The number of allylic oxidation sites excluding steroid dienone is 2. The molecule has 0 heterocycles. The van der Waals surface area contributed by atoms with Crippen LogP contribution in [0.25, 0.3) is 0 Å². The monoisotopic (exact) mass is 176 g/mol. The molecule has 0 bridgehead atoms. The minimum Gasteiger partial charge on any atom is -0.112 e. The molecule has 1 fully saturated rings. The van der Waals surface area contributed by atoms with E-state index in [0.717, 1.165) is 12.8 Å². The molecular formula is C8H10Cl2. The van der Waals surface area contributed by atoms with E-state index in [1.807, 2.05) is 0 Å². The third-order valence-corrected chi connectivity index (χ3v) is 3.65. The lowest BCUT2D eigenvalue weighted by atomic mass is 9.72. The number of alkyl halides is 2. The van der Waals surface area contributed by atoms with Crippen LogP contribution in [0.3, 0.4) is 0 Å². The molecule has 0 aromatic rings. The zero-order chi connectivity index (χ0) is 7.83. The van der Waals surface area contributed by atoms with Crippen molar-refractivity contribution in [3.8, 4) is 0 Å². The molecule has 0 N–H and O–H groups in total. The maximum Gasteiger partial charge on any atom is 0.0850 e. The van der Waals surface area contributed by atoms with Crippen molar-refractivity contribution in [1.82, 2.24) is 0 Å². The second kappa shape index (κ2) is 2.28. The van der Waals surface area contributed by atoms with E-state index in [1.165, 1.54) is 0 Å². The predicted octanol–water partition coefficient (Wildman–Crippen LogP) is 3.11. The summed E-state index contributed by atoms with van der Waals surface area (Å²) in [7, 11) is 0. The molecule has 1 saturated carbocycles. The Morgan fingerprint density at radius 3 is 1.40 bits per heavy atom. The van der Waals surface area contributed by atoms with Gasteiger partial charge in [-0.15, -0.1) is 36.4 Å². The summed E-state index contributed by atoms with van der Waals surface area (Å²) in [6, 6.07) is 0. The topological polar surface area (TPSA) is 0 Å². The number of halogens is 2. The van der Waals surface area contributed by atoms with E-state index in [0.29, 0.717) is 0 Å². The first-order valence-corrected chi connectivity index (χ1v) is 3.98. The number of hydrogen-bond acceptors (Lipinski definition) is 0. The Morgan fingerprint density at radius 2 is 1.30 bits per heavy atom. The minimum atomic E-state index is -0.448. The van der Waals surface area contributed by atoms with E-state index in [9.17, 15) is 0 Å². The fourth-order valence-electron chi connectivity index (χ4n) is 1.15. The van der Waals surface area contributed by atoms with Crippen molar-refractivity contribution in [1.29, 1.82) is 0 Å². The van der Waals surface area contributed by atoms with Crippen molar-refractivity contribution in [3.05, 3.63) is 25.3 Å². The summed E-state index contributed by atoms with van der Waals surface area (Å²) in [5.41, 5.74) is 0. The van der Waals surface area contributed by atoms with Crippen molar-refractivity contribution in [3.63, 3.8) is 0 Å². The quantitative estimate of drug-likeness (QED) is 0.449. The van der Waals surface area contributed by atoms with Gasteiger partial charge in [-0.05, 0) is 12.8 Å². The first-order valence-electron chi connectivity index (χ1n) is 3.23. The molecule has 56 valence electrons. The molecule has 2 heteroatoms. The molecule has 0 radical (unpaired) electrons. The van der Waals surface area contributed by atoms with E-state index in [2.05, 4.69) is 13.2 Å².